The van der Waals surface area contributed by atoms with Crippen molar-refractivity contribution >= 4 is 5.91 Å². The Morgan fingerprint density at radius 1 is 1.15 bits per heavy atom. The topological polar surface area (TPSA) is 84.0 Å². The van der Waals surface area contributed by atoms with Gasteiger partial charge in [0, 0.05) is 36.8 Å². The summed E-state index contributed by atoms with van der Waals surface area (Å²) in [5.74, 6) is 0.775. The highest BCUT2D eigenvalue weighted by molar-refractivity contribution is 5.92. The van der Waals surface area contributed by atoms with Crippen LogP contribution in [0.5, 0.6) is 5.88 Å². The molecule has 0 aliphatic carbocycles. The van der Waals surface area contributed by atoms with Crippen molar-refractivity contribution in [2.45, 2.75) is 6.42 Å². The van der Waals surface area contributed by atoms with Gasteiger partial charge in [0.25, 0.3) is 5.91 Å². The number of rotatable bonds is 5. The van der Waals surface area contributed by atoms with Crippen LogP contribution >= 0.6 is 0 Å². The van der Waals surface area contributed by atoms with Crippen LogP contribution in [0.2, 0.25) is 0 Å². The summed E-state index contributed by atoms with van der Waals surface area (Å²) in [5.41, 5.74) is 2.36. The SMILES string of the molecule is O=C(c1ccn[nH]1)N1CCC(COc2ccc(-c3ccccc3)nn2)C1. The summed E-state index contributed by atoms with van der Waals surface area (Å²) < 4.78 is 5.77. The Morgan fingerprint density at radius 3 is 2.77 bits per heavy atom. The first-order valence-electron chi connectivity index (χ1n) is 8.60. The van der Waals surface area contributed by atoms with Crippen molar-refractivity contribution in [3.8, 4) is 17.1 Å². The zero-order valence-electron chi connectivity index (χ0n) is 14.2. The molecule has 2 aromatic heterocycles. The van der Waals surface area contributed by atoms with E-state index in [9.17, 15) is 4.79 Å². The van der Waals surface area contributed by atoms with E-state index in [4.69, 9.17) is 4.74 Å². The van der Waals surface area contributed by atoms with Crippen molar-refractivity contribution in [1.29, 1.82) is 0 Å². The van der Waals surface area contributed by atoms with Crippen LogP contribution < -0.4 is 4.74 Å². The molecule has 132 valence electrons. The molecule has 1 aromatic carbocycles. The van der Waals surface area contributed by atoms with Crippen LogP contribution in [0.3, 0.4) is 0 Å². The second-order valence-electron chi connectivity index (χ2n) is 6.31. The van der Waals surface area contributed by atoms with Gasteiger partial charge in [-0.05, 0) is 18.6 Å². The molecule has 1 atom stereocenters. The Labute approximate surface area is 151 Å². The van der Waals surface area contributed by atoms with E-state index in [1.165, 1.54) is 0 Å². The molecule has 3 heterocycles. The zero-order valence-corrected chi connectivity index (χ0v) is 14.2. The molecule has 1 aliphatic rings. The highest BCUT2D eigenvalue weighted by atomic mass is 16.5. The van der Waals surface area contributed by atoms with Crippen molar-refractivity contribution < 1.29 is 9.53 Å². The molecule has 1 amide bonds. The molecule has 7 nitrogen and oxygen atoms in total. The predicted octanol–water partition coefficient (Wildman–Crippen LogP) is 2.41. The quantitative estimate of drug-likeness (QED) is 0.765. The molecular weight excluding hydrogens is 330 g/mol. The van der Waals surface area contributed by atoms with Crippen molar-refractivity contribution in [3.63, 3.8) is 0 Å². The van der Waals surface area contributed by atoms with Gasteiger partial charge in [-0.1, -0.05) is 30.3 Å². The fourth-order valence-electron chi connectivity index (χ4n) is 3.06. The van der Waals surface area contributed by atoms with Gasteiger partial charge in [0.05, 0.1) is 12.3 Å². The van der Waals surface area contributed by atoms with E-state index in [1.54, 1.807) is 12.3 Å². The van der Waals surface area contributed by atoms with Gasteiger partial charge < -0.3 is 9.64 Å². The molecule has 0 radical (unpaired) electrons. The van der Waals surface area contributed by atoms with Gasteiger partial charge in [0.15, 0.2) is 0 Å². The summed E-state index contributed by atoms with van der Waals surface area (Å²) in [5, 5.41) is 14.9. The van der Waals surface area contributed by atoms with E-state index in [0.29, 0.717) is 24.7 Å². The van der Waals surface area contributed by atoms with Gasteiger partial charge in [-0.25, -0.2) is 0 Å². The lowest BCUT2D eigenvalue weighted by atomic mass is 10.1. The first kappa shape index (κ1) is 16.3. The average Bonchev–Trinajstić information content (AvgIpc) is 3.39. The third-order valence-electron chi connectivity index (χ3n) is 4.48. The molecule has 0 bridgehead atoms. The lowest BCUT2D eigenvalue weighted by Gasteiger charge is -2.15. The maximum absolute atomic E-state index is 12.3. The largest absolute Gasteiger partial charge is 0.476 e. The van der Waals surface area contributed by atoms with E-state index < -0.39 is 0 Å². The molecule has 7 heteroatoms. The van der Waals surface area contributed by atoms with Gasteiger partial charge in [0.1, 0.15) is 5.69 Å². The Morgan fingerprint density at radius 2 is 2.04 bits per heavy atom. The molecule has 3 aromatic rings. The van der Waals surface area contributed by atoms with Crippen LogP contribution in [0.1, 0.15) is 16.9 Å². The van der Waals surface area contributed by atoms with Gasteiger partial charge in [0.2, 0.25) is 5.88 Å². The van der Waals surface area contributed by atoms with Crippen LogP contribution in [0.25, 0.3) is 11.3 Å². The molecule has 1 fully saturated rings. The number of likely N-dealkylation sites (tertiary alicyclic amines) is 1. The van der Waals surface area contributed by atoms with Crippen LogP contribution in [0.4, 0.5) is 0 Å². The zero-order chi connectivity index (χ0) is 17.8. The molecule has 1 saturated heterocycles. The number of carbonyl (C=O) groups is 1. The third-order valence-corrected chi connectivity index (χ3v) is 4.48. The van der Waals surface area contributed by atoms with Crippen LogP contribution in [-0.4, -0.2) is 50.9 Å². The molecule has 1 unspecified atom stereocenters. The summed E-state index contributed by atoms with van der Waals surface area (Å²) in [6.07, 6.45) is 2.50. The first-order chi connectivity index (χ1) is 12.8. The van der Waals surface area contributed by atoms with Crippen molar-refractivity contribution in [3.05, 3.63) is 60.4 Å². The van der Waals surface area contributed by atoms with Gasteiger partial charge in [-0.15, -0.1) is 10.2 Å². The second-order valence-corrected chi connectivity index (χ2v) is 6.31. The van der Waals surface area contributed by atoms with E-state index in [0.717, 1.165) is 24.2 Å². The average molecular weight is 349 g/mol. The maximum atomic E-state index is 12.3. The number of H-pyrrole nitrogens is 1. The highest BCUT2D eigenvalue weighted by Gasteiger charge is 2.28. The fraction of sp³-hybridized carbons (Fsp3) is 0.263. The van der Waals surface area contributed by atoms with E-state index in [-0.39, 0.29) is 11.8 Å². The molecular formula is C19H19N5O2. The number of carbonyl (C=O) groups excluding carboxylic acids is 1. The Balaban J connectivity index is 1.30. The molecule has 1 aliphatic heterocycles. The van der Waals surface area contributed by atoms with Gasteiger partial charge >= 0.3 is 0 Å². The minimum absolute atomic E-state index is 0.0167. The lowest BCUT2D eigenvalue weighted by Crippen LogP contribution is -2.29. The minimum Gasteiger partial charge on any atom is -0.476 e. The molecule has 4 rings (SSSR count). The maximum Gasteiger partial charge on any atom is 0.271 e. The van der Waals surface area contributed by atoms with E-state index >= 15 is 0 Å². The fourth-order valence-corrected chi connectivity index (χ4v) is 3.06. The number of ether oxygens (including phenoxy) is 1. The number of benzene rings is 1. The van der Waals surface area contributed by atoms with E-state index in [1.807, 2.05) is 47.4 Å². The molecule has 0 saturated carbocycles. The summed E-state index contributed by atoms with van der Waals surface area (Å²) in [7, 11) is 0. The normalized spacial score (nSPS) is 16.6. The predicted molar refractivity (Wildman–Crippen MR) is 95.6 cm³/mol. The van der Waals surface area contributed by atoms with Crippen molar-refractivity contribution in [2.75, 3.05) is 19.7 Å². The van der Waals surface area contributed by atoms with Crippen LogP contribution in [0, 0.1) is 5.92 Å². The van der Waals surface area contributed by atoms with Gasteiger partial charge in [-0.2, -0.15) is 5.10 Å². The number of aromatic nitrogens is 4. The second kappa shape index (κ2) is 7.35. The standard InChI is InChI=1S/C19H19N5O2/c25-19(17-8-10-20-21-17)24-11-9-14(12-24)13-26-18-7-6-16(22-23-18)15-4-2-1-3-5-15/h1-8,10,14H,9,11-13H2,(H,20,21). The number of nitrogens with zero attached hydrogens (tertiary/aromatic N) is 4. The molecule has 26 heavy (non-hydrogen) atoms. The van der Waals surface area contributed by atoms with E-state index in [2.05, 4.69) is 20.4 Å². The number of amides is 1. The number of hydrogen-bond acceptors (Lipinski definition) is 5. The van der Waals surface area contributed by atoms with Crippen LogP contribution in [0.15, 0.2) is 54.7 Å². The van der Waals surface area contributed by atoms with Crippen molar-refractivity contribution in [1.82, 2.24) is 25.3 Å². The lowest BCUT2D eigenvalue weighted by molar-refractivity contribution is 0.0777. The highest BCUT2D eigenvalue weighted by Crippen LogP contribution is 2.21. The number of hydrogen-bond donors (Lipinski definition) is 1. The first-order valence-corrected chi connectivity index (χ1v) is 8.60. The number of nitrogens with one attached hydrogen (secondary N) is 1. The molecule has 0 spiro atoms. The summed E-state index contributed by atoms with van der Waals surface area (Å²) >= 11 is 0. The Kier molecular flexibility index (Phi) is 4.59. The van der Waals surface area contributed by atoms with Gasteiger partial charge in [-0.3, -0.25) is 9.89 Å². The molecule has 1 N–H and O–H groups in total. The van der Waals surface area contributed by atoms with Crippen LogP contribution in [-0.2, 0) is 0 Å². The third kappa shape index (κ3) is 3.56. The monoisotopic (exact) mass is 349 g/mol. The summed E-state index contributed by atoms with van der Waals surface area (Å²) in [4.78, 5) is 14.1. The summed E-state index contributed by atoms with van der Waals surface area (Å²) in [6, 6.07) is 15.3. The minimum atomic E-state index is -0.0167. The Bertz CT molecular complexity index is 849. The number of aromatic amines is 1. The summed E-state index contributed by atoms with van der Waals surface area (Å²) in [6.45, 7) is 1.92. The van der Waals surface area contributed by atoms with Crippen molar-refractivity contribution in [2.24, 2.45) is 5.92 Å². The smallest absolute Gasteiger partial charge is 0.271 e. The Hall–Kier alpha value is -3.22.